The van der Waals surface area contributed by atoms with E-state index in [9.17, 15) is 13.9 Å². The molecule has 0 radical (unpaired) electrons. The van der Waals surface area contributed by atoms with E-state index in [2.05, 4.69) is 0 Å². The van der Waals surface area contributed by atoms with Crippen molar-refractivity contribution in [1.82, 2.24) is 0 Å². The van der Waals surface area contributed by atoms with Gasteiger partial charge in [-0.1, -0.05) is 19.3 Å². The van der Waals surface area contributed by atoms with Crippen molar-refractivity contribution in [2.45, 2.75) is 44.7 Å². The van der Waals surface area contributed by atoms with Gasteiger partial charge in [0, 0.05) is 19.1 Å². The molecule has 0 bridgehead atoms. The van der Waals surface area contributed by atoms with E-state index in [1.54, 1.807) is 4.90 Å². The third-order valence-electron chi connectivity index (χ3n) is 3.96. The second-order valence-electron chi connectivity index (χ2n) is 5.32. The van der Waals surface area contributed by atoms with Gasteiger partial charge in [0.15, 0.2) is 0 Å². The standard InChI is InChI=1S/C15H22F2N2O/c16-13-8-11(10-18)9-14(17)15(13)19(6-7-20)12-4-2-1-3-5-12/h8-9,12,20H,1-7,10,18H2. The van der Waals surface area contributed by atoms with E-state index < -0.39 is 11.6 Å². The van der Waals surface area contributed by atoms with Crippen LogP contribution in [-0.4, -0.2) is 24.3 Å². The molecule has 0 heterocycles. The second kappa shape index (κ2) is 6.99. The molecule has 1 aliphatic rings. The third-order valence-corrected chi connectivity index (χ3v) is 3.96. The Hall–Kier alpha value is -1.20. The van der Waals surface area contributed by atoms with E-state index in [0.717, 1.165) is 25.7 Å². The van der Waals surface area contributed by atoms with Gasteiger partial charge >= 0.3 is 0 Å². The zero-order valence-corrected chi connectivity index (χ0v) is 11.6. The van der Waals surface area contributed by atoms with Crippen LogP contribution in [-0.2, 0) is 6.54 Å². The molecule has 0 aromatic heterocycles. The van der Waals surface area contributed by atoms with Gasteiger partial charge in [-0.2, -0.15) is 0 Å². The second-order valence-corrected chi connectivity index (χ2v) is 5.32. The monoisotopic (exact) mass is 284 g/mol. The summed E-state index contributed by atoms with van der Waals surface area (Å²) >= 11 is 0. The first-order valence-electron chi connectivity index (χ1n) is 7.23. The van der Waals surface area contributed by atoms with Crippen LogP contribution in [0.4, 0.5) is 14.5 Å². The average molecular weight is 284 g/mol. The minimum Gasteiger partial charge on any atom is -0.395 e. The van der Waals surface area contributed by atoms with Crippen LogP contribution >= 0.6 is 0 Å². The van der Waals surface area contributed by atoms with Crippen molar-refractivity contribution in [2.75, 3.05) is 18.1 Å². The van der Waals surface area contributed by atoms with Crippen molar-refractivity contribution in [3.8, 4) is 0 Å². The minimum absolute atomic E-state index is 0.0249. The Morgan fingerprint density at radius 3 is 2.25 bits per heavy atom. The molecule has 1 saturated carbocycles. The Bertz CT molecular complexity index is 424. The molecular weight excluding hydrogens is 262 g/mol. The summed E-state index contributed by atoms with van der Waals surface area (Å²) < 4.78 is 28.4. The molecular formula is C15H22F2N2O. The number of nitrogens with zero attached hydrogens (tertiary/aromatic N) is 1. The number of hydrogen-bond acceptors (Lipinski definition) is 3. The molecule has 1 aromatic rings. The lowest BCUT2D eigenvalue weighted by atomic mass is 9.93. The number of nitrogens with two attached hydrogens (primary N) is 1. The van der Waals surface area contributed by atoms with Crippen LogP contribution in [0.2, 0.25) is 0 Å². The molecule has 0 spiro atoms. The Morgan fingerprint density at radius 1 is 1.15 bits per heavy atom. The number of benzene rings is 1. The summed E-state index contributed by atoms with van der Waals surface area (Å²) in [4.78, 5) is 1.68. The van der Waals surface area contributed by atoms with Crippen molar-refractivity contribution < 1.29 is 13.9 Å². The highest BCUT2D eigenvalue weighted by Crippen LogP contribution is 2.31. The van der Waals surface area contributed by atoms with E-state index >= 15 is 0 Å². The molecule has 20 heavy (non-hydrogen) atoms. The van der Waals surface area contributed by atoms with Crippen molar-refractivity contribution in [3.05, 3.63) is 29.3 Å². The quantitative estimate of drug-likeness (QED) is 0.873. The van der Waals surface area contributed by atoms with E-state index in [1.165, 1.54) is 18.6 Å². The normalized spacial score (nSPS) is 16.4. The van der Waals surface area contributed by atoms with Gasteiger partial charge in [0.05, 0.1) is 6.61 Å². The van der Waals surface area contributed by atoms with Crippen LogP contribution in [0.5, 0.6) is 0 Å². The van der Waals surface area contributed by atoms with Crippen molar-refractivity contribution in [1.29, 1.82) is 0 Å². The number of aliphatic hydroxyl groups is 1. The number of halogens is 2. The topological polar surface area (TPSA) is 49.5 Å². The first-order chi connectivity index (χ1) is 9.67. The molecule has 5 heteroatoms. The van der Waals surface area contributed by atoms with Gasteiger partial charge in [-0.05, 0) is 30.5 Å². The Labute approximate surface area is 118 Å². The van der Waals surface area contributed by atoms with Gasteiger partial charge in [0.25, 0.3) is 0 Å². The van der Waals surface area contributed by atoms with Gasteiger partial charge in [0.1, 0.15) is 17.3 Å². The van der Waals surface area contributed by atoms with Gasteiger partial charge in [-0.15, -0.1) is 0 Å². The highest BCUT2D eigenvalue weighted by molar-refractivity contribution is 5.51. The van der Waals surface area contributed by atoms with Crippen LogP contribution in [0.1, 0.15) is 37.7 Å². The molecule has 3 N–H and O–H groups in total. The molecule has 0 amide bonds. The van der Waals surface area contributed by atoms with Crippen LogP contribution in [0.3, 0.4) is 0 Å². The summed E-state index contributed by atoms with van der Waals surface area (Å²) in [6.07, 6.45) is 5.13. The number of aliphatic hydroxyl groups excluding tert-OH is 1. The molecule has 0 saturated heterocycles. The third kappa shape index (κ3) is 3.27. The zero-order chi connectivity index (χ0) is 14.5. The van der Waals surface area contributed by atoms with E-state index in [0.29, 0.717) is 5.56 Å². The smallest absolute Gasteiger partial charge is 0.149 e. The fourth-order valence-electron chi connectivity index (χ4n) is 2.99. The number of hydrogen-bond donors (Lipinski definition) is 2. The van der Waals surface area contributed by atoms with Crippen LogP contribution in [0.25, 0.3) is 0 Å². The fraction of sp³-hybridized carbons (Fsp3) is 0.600. The molecule has 0 aliphatic heterocycles. The fourth-order valence-corrected chi connectivity index (χ4v) is 2.99. The summed E-state index contributed by atoms with van der Waals surface area (Å²) in [5.41, 5.74) is 5.84. The molecule has 1 fully saturated rings. The molecule has 112 valence electrons. The molecule has 1 aromatic carbocycles. The SMILES string of the molecule is NCc1cc(F)c(N(CCO)C2CCCCC2)c(F)c1. The van der Waals surface area contributed by atoms with Crippen molar-refractivity contribution >= 4 is 5.69 Å². The maximum atomic E-state index is 14.2. The van der Waals surface area contributed by atoms with Crippen LogP contribution < -0.4 is 10.6 Å². The Kier molecular flexibility index (Phi) is 5.31. The highest BCUT2D eigenvalue weighted by atomic mass is 19.1. The summed E-state index contributed by atoms with van der Waals surface area (Å²) in [5, 5.41) is 9.20. The van der Waals surface area contributed by atoms with Crippen molar-refractivity contribution in [2.24, 2.45) is 5.73 Å². The largest absolute Gasteiger partial charge is 0.395 e. The first kappa shape index (κ1) is 15.2. The predicted molar refractivity (Wildman–Crippen MR) is 75.6 cm³/mol. The van der Waals surface area contributed by atoms with Crippen molar-refractivity contribution in [3.63, 3.8) is 0 Å². The summed E-state index contributed by atoms with van der Waals surface area (Å²) in [6, 6.07) is 2.67. The molecule has 0 atom stereocenters. The average Bonchev–Trinajstić information content (AvgIpc) is 2.46. The maximum absolute atomic E-state index is 14.2. The summed E-state index contributed by atoms with van der Waals surface area (Å²) in [7, 11) is 0. The Morgan fingerprint density at radius 2 is 1.75 bits per heavy atom. The van der Waals surface area contributed by atoms with Gasteiger partial charge in [0.2, 0.25) is 0 Å². The lowest BCUT2D eigenvalue weighted by Crippen LogP contribution is -2.40. The molecule has 3 nitrogen and oxygen atoms in total. The van der Waals surface area contributed by atoms with E-state index in [-0.39, 0.29) is 31.4 Å². The molecule has 0 unspecified atom stereocenters. The van der Waals surface area contributed by atoms with Gasteiger partial charge in [-0.25, -0.2) is 8.78 Å². The van der Waals surface area contributed by atoms with E-state index in [1.807, 2.05) is 0 Å². The van der Waals surface area contributed by atoms with Gasteiger partial charge < -0.3 is 15.7 Å². The lowest BCUT2D eigenvalue weighted by Gasteiger charge is -2.36. The Balaban J connectivity index is 2.33. The highest BCUT2D eigenvalue weighted by Gasteiger charge is 2.26. The number of rotatable bonds is 5. The molecule has 1 aliphatic carbocycles. The summed E-state index contributed by atoms with van der Waals surface area (Å²) in [6.45, 7) is 0.242. The summed E-state index contributed by atoms with van der Waals surface area (Å²) in [5.74, 6) is -1.19. The van der Waals surface area contributed by atoms with Gasteiger partial charge in [-0.3, -0.25) is 0 Å². The predicted octanol–water partition coefficient (Wildman–Crippen LogP) is 2.55. The van der Waals surface area contributed by atoms with Crippen LogP contribution in [0, 0.1) is 11.6 Å². The molecule has 2 rings (SSSR count). The number of anilines is 1. The lowest BCUT2D eigenvalue weighted by molar-refractivity contribution is 0.288. The van der Waals surface area contributed by atoms with Crippen LogP contribution in [0.15, 0.2) is 12.1 Å². The zero-order valence-electron chi connectivity index (χ0n) is 11.6. The van der Waals surface area contributed by atoms with E-state index in [4.69, 9.17) is 5.73 Å². The minimum atomic E-state index is -0.593. The maximum Gasteiger partial charge on any atom is 0.149 e. The first-order valence-corrected chi connectivity index (χ1v) is 7.23.